The smallest absolute Gasteiger partial charge is 0.331 e. The molecule has 1 aromatic heterocycles. The number of carbonyl (C=O) groups excluding carboxylic acids is 2. The van der Waals surface area contributed by atoms with Crippen molar-refractivity contribution in [3.63, 3.8) is 0 Å². The molecule has 0 aliphatic heterocycles. The molecule has 0 atom stereocenters. The average molecular weight is 481 g/mol. The molecule has 4 aromatic rings. The number of hydrogen-bond acceptors (Lipinski definition) is 4. The van der Waals surface area contributed by atoms with Crippen molar-refractivity contribution in [2.75, 3.05) is 0 Å². The summed E-state index contributed by atoms with van der Waals surface area (Å²) in [6, 6.07) is 20.1. The third-order valence-corrected chi connectivity index (χ3v) is 7.39. The number of fused-ring (bicyclic) bond motifs is 3. The highest BCUT2D eigenvalue weighted by atomic mass is 16.7. The van der Waals surface area contributed by atoms with Gasteiger partial charge in [-0.1, -0.05) is 54.8 Å². The minimum absolute atomic E-state index is 0.0304. The fraction of sp³-hybridized carbons (Fsp3) is 0.323. The first-order valence-electron chi connectivity index (χ1n) is 12.9. The molecule has 1 saturated carbocycles. The predicted molar refractivity (Wildman–Crippen MR) is 145 cm³/mol. The van der Waals surface area contributed by atoms with Crippen molar-refractivity contribution in [2.45, 2.75) is 59.4 Å². The number of carbonyl (C=O) groups is 2. The summed E-state index contributed by atoms with van der Waals surface area (Å²) in [5.41, 5.74) is 6.41. The van der Waals surface area contributed by atoms with E-state index >= 15 is 0 Å². The third kappa shape index (κ3) is 4.46. The maximum Gasteiger partial charge on any atom is 0.331 e. The van der Waals surface area contributed by atoms with Gasteiger partial charge in [0.05, 0.1) is 5.71 Å². The van der Waals surface area contributed by atoms with Gasteiger partial charge < -0.3 is 9.40 Å². The fourth-order valence-corrected chi connectivity index (χ4v) is 5.58. The van der Waals surface area contributed by atoms with E-state index in [1.807, 2.05) is 43.3 Å². The van der Waals surface area contributed by atoms with Crippen molar-refractivity contribution < 1.29 is 14.4 Å². The van der Waals surface area contributed by atoms with Crippen molar-refractivity contribution in [3.8, 4) is 0 Å². The van der Waals surface area contributed by atoms with Gasteiger partial charge in [0.2, 0.25) is 0 Å². The van der Waals surface area contributed by atoms with E-state index in [-0.39, 0.29) is 11.7 Å². The number of ketones is 1. The summed E-state index contributed by atoms with van der Waals surface area (Å²) in [5.74, 6) is -0.109. The molecule has 5 rings (SSSR count). The fourth-order valence-electron chi connectivity index (χ4n) is 5.58. The molecule has 1 heterocycles. The van der Waals surface area contributed by atoms with E-state index in [4.69, 9.17) is 4.84 Å². The van der Waals surface area contributed by atoms with Crippen LogP contribution in [0.1, 0.15) is 73.0 Å². The van der Waals surface area contributed by atoms with Crippen LogP contribution in [0.2, 0.25) is 0 Å². The zero-order chi connectivity index (χ0) is 25.2. The summed E-state index contributed by atoms with van der Waals surface area (Å²) in [4.78, 5) is 30.1. The van der Waals surface area contributed by atoms with Gasteiger partial charge in [-0.25, -0.2) is 4.79 Å². The second-order valence-corrected chi connectivity index (χ2v) is 9.75. The third-order valence-electron chi connectivity index (χ3n) is 7.39. The number of oxime groups is 1. The number of hydrogen-bond donors (Lipinski definition) is 0. The molecule has 0 amide bonds. The summed E-state index contributed by atoms with van der Waals surface area (Å²) in [6.07, 6.45) is 5.64. The van der Waals surface area contributed by atoms with Crippen LogP contribution in [0.5, 0.6) is 0 Å². The predicted octanol–water partition coefficient (Wildman–Crippen LogP) is 7.20. The zero-order valence-corrected chi connectivity index (χ0v) is 21.2. The molecule has 3 aromatic carbocycles. The van der Waals surface area contributed by atoms with Gasteiger partial charge in [0.1, 0.15) is 0 Å². The lowest BCUT2D eigenvalue weighted by Gasteiger charge is -2.23. The zero-order valence-electron chi connectivity index (χ0n) is 21.2. The molecule has 184 valence electrons. The topological polar surface area (TPSA) is 60.7 Å². The van der Waals surface area contributed by atoms with Crippen molar-refractivity contribution >= 4 is 39.3 Å². The van der Waals surface area contributed by atoms with Crippen molar-refractivity contribution in [1.29, 1.82) is 0 Å². The summed E-state index contributed by atoms with van der Waals surface area (Å²) in [5, 5.41) is 6.46. The van der Waals surface area contributed by atoms with Gasteiger partial charge >= 0.3 is 5.97 Å². The second kappa shape index (κ2) is 10.1. The molecule has 0 N–H and O–H groups in total. The molecule has 36 heavy (non-hydrogen) atoms. The number of aromatic nitrogens is 1. The van der Waals surface area contributed by atoms with Crippen LogP contribution in [0.4, 0.5) is 0 Å². The molecule has 0 saturated heterocycles. The average Bonchev–Trinajstić information content (AvgIpc) is 3.21. The van der Waals surface area contributed by atoms with Crippen LogP contribution in [0.25, 0.3) is 21.8 Å². The highest BCUT2D eigenvalue weighted by Crippen LogP contribution is 2.34. The van der Waals surface area contributed by atoms with Crippen molar-refractivity contribution in [1.82, 2.24) is 4.57 Å². The normalized spacial score (nSPS) is 14.9. The van der Waals surface area contributed by atoms with Crippen LogP contribution in [-0.2, 0) is 16.2 Å². The first kappa shape index (κ1) is 24.0. The number of aryl methyl sites for hydroxylation is 2. The van der Waals surface area contributed by atoms with Crippen molar-refractivity contribution in [2.24, 2.45) is 11.1 Å². The molecular formula is C31H32N2O3. The summed E-state index contributed by atoms with van der Waals surface area (Å²) < 4.78 is 2.28. The van der Waals surface area contributed by atoms with Gasteiger partial charge in [-0.2, -0.15) is 0 Å². The van der Waals surface area contributed by atoms with E-state index in [9.17, 15) is 9.59 Å². The molecule has 0 spiro atoms. The minimum atomic E-state index is -0.411. The van der Waals surface area contributed by atoms with E-state index in [0.29, 0.717) is 5.56 Å². The van der Waals surface area contributed by atoms with Crippen LogP contribution >= 0.6 is 0 Å². The molecular weight excluding hydrogens is 448 g/mol. The lowest BCUT2D eigenvalue weighted by molar-refractivity contribution is -0.140. The largest absolute Gasteiger partial charge is 0.341 e. The highest BCUT2D eigenvalue weighted by Gasteiger charge is 2.23. The summed E-state index contributed by atoms with van der Waals surface area (Å²) >= 11 is 0. The van der Waals surface area contributed by atoms with Gasteiger partial charge in [-0.05, 0) is 62.6 Å². The monoisotopic (exact) mass is 480 g/mol. The Hall–Kier alpha value is -3.73. The molecule has 0 radical (unpaired) electrons. The Bertz CT molecular complexity index is 1490. The first-order chi connectivity index (χ1) is 17.5. The molecule has 1 aliphatic carbocycles. The SMILES string of the molecule is CCn1c2ccc(C(=O)c3ccccc3C)cc2c2cc(C(=NOC(C)=O)C3CCCCC3)ccc21. The maximum atomic E-state index is 13.4. The molecule has 1 fully saturated rings. The summed E-state index contributed by atoms with van der Waals surface area (Å²) in [7, 11) is 0. The Morgan fingerprint density at radius 3 is 2.19 bits per heavy atom. The molecule has 0 unspecified atom stereocenters. The lowest BCUT2D eigenvalue weighted by atomic mass is 9.83. The number of rotatable bonds is 6. The van der Waals surface area contributed by atoms with E-state index in [1.54, 1.807) is 0 Å². The second-order valence-electron chi connectivity index (χ2n) is 9.75. The molecule has 1 aliphatic rings. The van der Waals surface area contributed by atoms with E-state index in [0.717, 1.165) is 76.4 Å². The van der Waals surface area contributed by atoms with Gasteiger partial charge in [-0.15, -0.1) is 0 Å². The van der Waals surface area contributed by atoms with Gasteiger partial charge in [0.25, 0.3) is 0 Å². The van der Waals surface area contributed by atoms with Crippen molar-refractivity contribution in [3.05, 3.63) is 82.9 Å². The van der Waals surface area contributed by atoms with Crippen LogP contribution in [0.15, 0.2) is 65.8 Å². The molecule has 0 bridgehead atoms. The standard InChI is InChI=1S/C31H32N2O3/c1-4-33-28-16-14-23(30(32-36-21(3)34)22-11-6-5-7-12-22)18-26(28)27-19-24(15-17-29(27)33)31(35)25-13-9-8-10-20(25)2/h8-10,13-19,22H,4-7,11-12H2,1-3H3. The van der Waals surface area contributed by atoms with Gasteiger partial charge in [0.15, 0.2) is 5.78 Å². The maximum absolute atomic E-state index is 13.4. The van der Waals surface area contributed by atoms with E-state index in [1.165, 1.54) is 13.3 Å². The van der Waals surface area contributed by atoms with Gasteiger partial charge in [-0.3, -0.25) is 4.79 Å². The quantitative estimate of drug-likeness (QED) is 0.127. The van der Waals surface area contributed by atoms with E-state index in [2.05, 4.69) is 40.9 Å². The minimum Gasteiger partial charge on any atom is -0.341 e. The molecule has 5 heteroatoms. The number of nitrogens with zero attached hydrogens (tertiary/aromatic N) is 2. The summed E-state index contributed by atoms with van der Waals surface area (Å²) in [6.45, 7) is 6.31. The Morgan fingerprint density at radius 2 is 1.56 bits per heavy atom. The molecule has 5 nitrogen and oxygen atoms in total. The number of benzene rings is 3. The highest BCUT2D eigenvalue weighted by molar-refractivity contribution is 6.16. The van der Waals surface area contributed by atoms with E-state index < -0.39 is 5.97 Å². The Kier molecular flexibility index (Phi) is 6.73. The Labute approximate surface area is 211 Å². The Morgan fingerprint density at radius 1 is 0.917 bits per heavy atom. The van der Waals surface area contributed by atoms with Crippen LogP contribution in [0.3, 0.4) is 0 Å². The van der Waals surface area contributed by atoms with Crippen LogP contribution in [0, 0.1) is 12.8 Å². The first-order valence-corrected chi connectivity index (χ1v) is 12.9. The lowest BCUT2D eigenvalue weighted by Crippen LogP contribution is -2.20. The van der Waals surface area contributed by atoms with Crippen LogP contribution < -0.4 is 0 Å². The Balaban J connectivity index is 1.66. The van der Waals surface area contributed by atoms with Gasteiger partial charge in [0, 0.05) is 57.9 Å². The van der Waals surface area contributed by atoms with Crippen LogP contribution in [-0.4, -0.2) is 22.0 Å².